The average molecular weight is 403 g/mol. The van der Waals surface area contributed by atoms with Gasteiger partial charge in [0.25, 0.3) is 0 Å². The molecule has 0 saturated heterocycles. The summed E-state index contributed by atoms with van der Waals surface area (Å²) in [6.07, 6.45) is 6.17. The van der Waals surface area contributed by atoms with Crippen LogP contribution in [0.15, 0.2) is 61.2 Å². The van der Waals surface area contributed by atoms with Gasteiger partial charge in [-0.1, -0.05) is 18.2 Å². The first kappa shape index (κ1) is 18.9. The minimum Gasteiger partial charge on any atom is -0.478 e. The lowest BCUT2D eigenvalue weighted by Gasteiger charge is -2.02. The maximum absolute atomic E-state index is 12.4. The Hall–Kier alpha value is -3.45. The van der Waals surface area contributed by atoms with Gasteiger partial charge in [-0.15, -0.1) is 11.3 Å². The number of Topliss-reactive ketones (excluding diaryl/α,β-unsaturated/α-hetero) is 1. The maximum atomic E-state index is 12.4. The van der Waals surface area contributed by atoms with Gasteiger partial charge in [-0.3, -0.25) is 4.79 Å². The molecule has 0 atom stereocenters. The molecular weight excluding hydrogens is 386 g/mol. The van der Waals surface area contributed by atoms with Crippen molar-refractivity contribution in [3.8, 4) is 11.1 Å². The van der Waals surface area contributed by atoms with E-state index in [1.54, 1.807) is 30.6 Å². The second-order valence-corrected chi connectivity index (χ2v) is 7.75. The van der Waals surface area contributed by atoms with Crippen LogP contribution in [0.5, 0.6) is 0 Å². The van der Waals surface area contributed by atoms with Gasteiger partial charge in [0.05, 0.1) is 22.2 Å². The summed E-state index contributed by atoms with van der Waals surface area (Å²) in [4.78, 5) is 36.1. The van der Waals surface area contributed by atoms with Gasteiger partial charge in [0.15, 0.2) is 0 Å². The third-order valence-electron chi connectivity index (χ3n) is 4.54. The minimum atomic E-state index is -0.964. The van der Waals surface area contributed by atoms with Crippen LogP contribution in [0.4, 0.5) is 0 Å². The van der Waals surface area contributed by atoms with Crippen LogP contribution in [-0.2, 0) is 17.6 Å². The van der Waals surface area contributed by atoms with E-state index < -0.39 is 5.97 Å². The van der Waals surface area contributed by atoms with Gasteiger partial charge in [-0.25, -0.2) is 19.7 Å². The molecule has 0 fully saturated rings. The Kier molecular flexibility index (Phi) is 5.39. The first-order valence-corrected chi connectivity index (χ1v) is 9.89. The van der Waals surface area contributed by atoms with E-state index >= 15 is 0 Å². The van der Waals surface area contributed by atoms with Crippen LogP contribution >= 0.6 is 11.3 Å². The molecule has 0 bridgehead atoms. The molecule has 2 aromatic heterocycles. The predicted octanol–water partition coefficient (Wildman–Crippen LogP) is 4.20. The Balaban J connectivity index is 1.43. The van der Waals surface area contributed by atoms with Crippen molar-refractivity contribution in [2.45, 2.75) is 19.3 Å². The van der Waals surface area contributed by atoms with Crippen molar-refractivity contribution in [3.63, 3.8) is 0 Å². The number of ketones is 1. The molecule has 4 aromatic rings. The molecule has 7 heteroatoms. The molecule has 1 N–H and O–H groups in total. The van der Waals surface area contributed by atoms with Crippen LogP contribution in [0.1, 0.15) is 27.3 Å². The highest BCUT2D eigenvalue weighted by molar-refractivity contribution is 7.18. The second kappa shape index (κ2) is 8.28. The molecule has 0 aliphatic heterocycles. The molecule has 0 aliphatic carbocycles. The number of hydrogen-bond donors (Lipinski definition) is 1. The van der Waals surface area contributed by atoms with Crippen LogP contribution in [-0.4, -0.2) is 31.8 Å². The van der Waals surface area contributed by atoms with Gasteiger partial charge in [0.1, 0.15) is 17.1 Å². The number of nitrogens with zero attached hydrogens (tertiary/aromatic N) is 3. The smallest absolute Gasteiger partial charge is 0.335 e. The van der Waals surface area contributed by atoms with E-state index in [1.807, 2.05) is 24.3 Å². The van der Waals surface area contributed by atoms with Crippen molar-refractivity contribution in [1.29, 1.82) is 0 Å². The monoisotopic (exact) mass is 403 g/mol. The zero-order valence-corrected chi connectivity index (χ0v) is 16.2. The molecular formula is C22H17N3O3S. The largest absolute Gasteiger partial charge is 0.478 e. The quantitative estimate of drug-likeness (QED) is 0.497. The molecule has 0 spiro atoms. The Bertz CT molecular complexity index is 1190. The summed E-state index contributed by atoms with van der Waals surface area (Å²) in [7, 11) is 0. The highest BCUT2D eigenvalue weighted by Gasteiger charge is 2.11. The van der Waals surface area contributed by atoms with Gasteiger partial charge in [0, 0.05) is 24.4 Å². The molecule has 0 radical (unpaired) electrons. The highest BCUT2D eigenvalue weighted by Crippen LogP contribution is 2.28. The number of carboxylic acid groups (broad SMARTS) is 1. The molecule has 0 amide bonds. The summed E-state index contributed by atoms with van der Waals surface area (Å²) in [6.45, 7) is 0. The average Bonchev–Trinajstić information content (AvgIpc) is 3.14. The van der Waals surface area contributed by atoms with E-state index in [9.17, 15) is 9.59 Å². The van der Waals surface area contributed by atoms with E-state index in [-0.39, 0.29) is 17.8 Å². The van der Waals surface area contributed by atoms with Crippen LogP contribution < -0.4 is 0 Å². The number of carbonyl (C=O) groups is 2. The highest BCUT2D eigenvalue weighted by atomic mass is 32.1. The van der Waals surface area contributed by atoms with Gasteiger partial charge in [-0.05, 0) is 41.8 Å². The number of fused-ring (bicyclic) bond motifs is 1. The Morgan fingerprint density at radius 2 is 1.83 bits per heavy atom. The summed E-state index contributed by atoms with van der Waals surface area (Å²) >= 11 is 1.51. The number of benzene rings is 2. The second-order valence-electron chi connectivity index (χ2n) is 6.64. The van der Waals surface area contributed by atoms with Crippen LogP contribution in [0, 0.1) is 0 Å². The lowest BCUT2D eigenvalue weighted by molar-refractivity contribution is -0.118. The summed E-state index contributed by atoms with van der Waals surface area (Å²) in [5.41, 5.74) is 3.90. The van der Waals surface area contributed by atoms with Crippen molar-refractivity contribution in [1.82, 2.24) is 15.0 Å². The molecule has 0 saturated carbocycles. The van der Waals surface area contributed by atoms with Gasteiger partial charge >= 0.3 is 5.97 Å². The van der Waals surface area contributed by atoms with Crippen molar-refractivity contribution in [2.75, 3.05) is 0 Å². The van der Waals surface area contributed by atoms with E-state index in [0.29, 0.717) is 12.8 Å². The number of aromatic carboxylic acids is 1. The molecule has 0 aliphatic rings. The number of carbonyl (C=O) groups excluding carboxylic acids is 1. The van der Waals surface area contributed by atoms with Crippen LogP contribution in [0.25, 0.3) is 21.3 Å². The van der Waals surface area contributed by atoms with Crippen molar-refractivity contribution >= 4 is 33.3 Å². The lowest BCUT2D eigenvalue weighted by atomic mass is 10.0. The minimum absolute atomic E-state index is 0.0847. The lowest BCUT2D eigenvalue weighted by Crippen LogP contribution is -2.05. The Morgan fingerprint density at radius 1 is 1.00 bits per heavy atom. The van der Waals surface area contributed by atoms with Gasteiger partial charge in [-0.2, -0.15) is 0 Å². The first-order chi connectivity index (χ1) is 14.1. The summed E-state index contributed by atoms with van der Waals surface area (Å²) in [5.74, 6) is -0.879. The Morgan fingerprint density at radius 3 is 2.62 bits per heavy atom. The zero-order chi connectivity index (χ0) is 20.2. The summed E-state index contributed by atoms with van der Waals surface area (Å²) < 4.78 is 1.02. The van der Waals surface area contributed by atoms with E-state index in [2.05, 4.69) is 15.0 Å². The molecule has 6 nitrogen and oxygen atoms in total. The van der Waals surface area contributed by atoms with Crippen molar-refractivity contribution < 1.29 is 14.7 Å². The first-order valence-electron chi connectivity index (χ1n) is 9.07. The van der Waals surface area contributed by atoms with E-state index in [0.717, 1.165) is 31.9 Å². The number of hydrogen-bond acceptors (Lipinski definition) is 6. The topological polar surface area (TPSA) is 93.0 Å². The predicted molar refractivity (Wildman–Crippen MR) is 111 cm³/mol. The number of thiazole rings is 1. The fourth-order valence-corrected chi connectivity index (χ4v) is 4.11. The van der Waals surface area contributed by atoms with E-state index in [4.69, 9.17) is 5.11 Å². The Labute approximate surface area is 170 Å². The number of carboxylic acids is 1. The number of aromatic nitrogens is 3. The standard InChI is InChI=1S/C22H17N3O3S/c26-18(6-4-14-2-1-3-16(8-14)22(27)28)10-21-25-19-7-5-15(9-20(19)29-21)17-11-23-13-24-12-17/h1-3,5,7-9,11-13H,4,6,10H2,(H,27,28). The SMILES string of the molecule is O=C(CCc1cccc(C(=O)O)c1)Cc1nc2ccc(-c3cncnc3)cc2s1. The molecule has 0 unspecified atom stereocenters. The fraction of sp³-hybridized carbons (Fsp3) is 0.136. The maximum Gasteiger partial charge on any atom is 0.335 e. The van der Waals surface area contributed by atoms with E-state index in [1.165, 1.54) is 17.7 Å². The van der Waals surface area contributed by atoms with Gasteiger partial charge < -0.3 is 5.11 Å². The fourth-order valence-electron chi connectivity index (χ4n) is 3.08. The summed E-state index contributed by atoms with van der Waals surface area (Å²) in [5, 5.41) is 9.85. The normalized spacial score (nSPS) is 10.9. The number of aryl methyl sites for hydroxylation is 1. The molecule has 2 heterocycles. The van der Waals surface area contributed by atoms with Crippen molar-refractivity contribution in [2.24, 2.45) is 0 Å². The zero-order valence-electron chi connectivity index (χ0n) is 15.4. The molecule has 4 rings (SSSR count). The third kappa shape index (κ3) is 4.52. The molecule has 2 aromatic carbocycles. The third-order valence-corrected chi connectivity index (χ3v) is 5.56. The van der Waals surface area contributed by atoms with Crippen molar-refractivity contribution in [3.05, 3.63) is 77.3 Å². The molecule has 144 valence electrons. The molecule has 29 heavy (non-hydrogen) atoms. The van der Waals surface area contributed by atoms with Gasteiger partial charge in [0.2, 0.25) is 0 Å². The van der Waals surface area contributed by atoms with Crippen LogP contribution in [0.2, 0.25) is 0 Å². The summed E-state index contributed by atoms with van der Waals surface area (Å²) in [6, 6.07) is 12.7. The van der Waals surface area contributed by atoms with Crippen LogP contribution in [0.3, 0.4) is 0 Å². The number of rotatable bonds is 7.